The minimum Gasteiger partial charge on any atom is -0.208 e. The van der Waals surface area contributed by atoms with E-state index in [4.69, 9.17) is 15.0 Å². The molecular weight excluding hydrogens is 643 g/mol. The van der Waals surface area contributed by atoms with Crippen LogP contribution >= 0.6 is 0 Å². The third-order valence-electron chi connectivity index (χ3n) is 10.8. The van der Waals surface area contributed by atoms with E-state index in [0.29, 0.717) is 17.5 Å². The lowest BCUT2D eigenvalue weighted by Gasteiger charge is -2.25. The van der Waals surface area contributed by atoms with Crippen molar-refractivity contribution >= 4 is 48.7 Å². The predicted molar refractivity (Wildman–Crippen MR) is 222 cm³/mol. The molecule has 0 bridgehead atoms. The first-order valence-electron chi connectivity index (χ1n) is 18.3. The van der Waals surface area contributed by atoms with Crippen LogP contribution in [0.4, 0.5) is 0 Å². The van der Waals surface area contributed by atoms with Gasteiger partial charge in [-0.3, -0.25) is 0 Å². The van der Waals surface area contributed by atoms with Crippen molar-refractivity contribution in [1.82, 2.24) is 15.0 Å². The van der Waals surface area contributed by atoms with Gasteiger partial charge in [0, 0.05) is 22.6 Å². The summed E-state index contributed by atoms with van der Waals surface area (Å²) in [6.07, 6.45) is 6.86. The second kappa shape index (κ2) is 12.8. The quantitative estimate of drug-likeness (QED) is 0.170. The summed E-state index contributed by atoms with van der Waals surface area (Å²) in [5.41, 5.74) is 6.76. The minimum absolute atomic E-state index is 0.202. The van der Waals surface area contributed by atoms with E-state index in [2.05, 4.69) is 153 Å². The molecule has 0 saturated carbocycles. The molecule has 10 rings (SSSR count). The van der Waals surface area contributed by atoms with Gasteiger partial charge in [0.15, 0.2) is 17.5 Å². The van der Waals surface area contributed by atoms with Crippen LogP contribution in [0.5, 0.6) is 0 Å². The molecule has 0 amide bonds. The van der Waals surface area contributed by atoms with Gasteiger partial charge in [-0.1, -0.05) is 183 Å². The van der Waals surface area contributed by atoms with E-state index in [1.165, 1.54) is 59.8 Å². The Labute approximate surface area is 308 Å². The monoisotopic (exact) mass is 677 g/mol. The average Bonchev–Trinajstić information content (AvgIpc) is 3.23. The van der Waals surface area contributed by atoms with Crippen LogP contribution in [0, 0.1) is 5.92 Å². The largest absolute Gasteiger partial charge is 0.208 e. The SMILES string of the molecule is CC1C=C(c2nc(-c3ccccc3)nc(-c3ccccc3)n2)C=CC1c1cccc2c(-c3ccc4c5ccccc5c5ccccc5c4c3)cccc12. The van der Waals surface area contributed by atoms with Crippen LogP contribution < -0.4 is 0 Å². The summed E-state index contributed by atoms with van der Waals surface area (Å²) in [6.45, 7) is 2.30. The second-order valence-electron chi connectivity index (χ2n) is 14.0. The maximum Gasteiger partial charge on any atom is 0.164 e. The van der Waals surface area contributed by atoms with Crippen LogP contribution in [0.1, 0.15) is 24.2 Å². The molecule has 0 fully saturated rings. The van der Waals surface area contributed by atoms with Crippen LogP contribution in [0.25, 0.3) is 82.6 Å². The maximum atomic E-state index is 5.00. The third kappa shape index (κ3) is 5.41. The summed E-state index contributed by atoms with van der Waals surface area (Å²) >= 11 is 0. The first-order chi connectivity index (χ1) is 26.2. The highest BCUT2D eigenvalue weighted by molar-refractivity contribution is 6.26. The topological polar surface area (TPSA) is 38.7 Å². The van der Waals surface area contributed by atoms with E-state index >= 15 is 0 Å². The van der Waals surface area contributed by atoms with Crippen molar-refractivity contribution in [3.63, 3.8) is 0 Å². The summed E-state index contributed by atoms with van der Waals surface area (Å²) in [5, 5.41) is 10.3. The number of hydrogen-bond donors (Lipinski definition) is 0. The van der Waals surface area contributed by atoms with E-state index in [9.17, 15) is 0 Å². The van der Waals surface area contributed by atoms with Crippen LogP contribution in [0.15, 0.2) is 182 Å². The Hall–Kier alpha value is -6.71. The van der Waals surface area contributed by atoms with Gasteiger partial charge in [-0.2, -0.15) is 0 Å². The zero-order valence-electron chi connectivity index (χ0n) is 29.3. The Morgan fingerprint density at radius 2 is 0.906 bits per heavy atom. The fraction of sp³-hybridized carbons (Fsp3) is 0.0600. The number of allylic oxidation sites excluding steroid dienone is 4. The third-order valence-corrected chi connectivity index (χ3v) is 10.8. The van der Waals surface area contributed by atoms with Crippen molar-refractivity contribution in [3.8, 4) is 33.9 Å². The number of aromatic nitrogens is 3. The summed E-state index contributed by atoms with van der Waals surface area (Å²) < 4.78 is 0. The Kier molecular flexibility index (Phi) is 7.51. The molecule has 1 aliphatic carbocycles. The molecule has 0 aliphatic heterocycles. The van der Waals surface area contributed by atoms with Gasteiger partial charge in [-0.05, 0) is 71.8 Å². The van der Waals surface area contributed by atoms with Crippen LogP contribution in [0.2, 0.25) is 0 Å². The summed E-state index contributed by atoms with van der Waals surface area (Å²) in [4.78, 5) is 14.9. The molecule has 3 heteroatoms. The van der Waals surface area contributed by atoms with Gasteiger partial charge in [0.1, 0.15) is 0 Å². The highest BCUT2D eigenvalue weighted by atomic mass is 15.0. The molecule has 250 valence electrons. The molecule has 53 heavy (non-hydrogen) atoms. The van der Waals surface area contributed by atoms with E-state index in [1.54, 1.807) is 0 Å². The van der Waals surface area contributed by atoms with E-state index in [0.717, 1.165) is 16.7 Å². The molecule has 0 N–H and O–H groups in total. The number of fused-ring (bicyclic) bond motifs is 7. The average molecular weight is 678 g/mol. The lowest BCUT2D eigenvalue weighted by Crippen LogP contribution is -2.11. The zero-order chi connectivity index (χ0) is 35.3. The van der Waals surface area contributed by atoms with Crippen molar-refractivity contribution in [3.05, 3.63) is 193 Å². The molecule has 1 aliphatic rings. The molecule has 2 atom stereocenters. The normalized spacial score (nSPS) is 15.7. The van der Waals surface area contributed by atoms with E-state index in [1.807, 2.05) is 36.4 Å². The van der Waals surface area contributed by atoms with Crippen molar-refractivity contribution in [2.45, 2.75) is 12.8 Å². The van der Waals surface area contributed by atoms with Crippen molar-refractivity contribution in [1.29, 1.82) is 0 Å². The fourth-order valence-corrected chi connectivity index (χ4v) is 8.25. The second-order valence-corrected chi connectivity index (χ2v) is 14.0. The van der Waals surface area contributed by atoms with Gasteiger partial charge in [0.2, 0.25) is 0 Å². The van der Waals surface area contributed by atoms with Crippen molar-refractivity contribution in [2.75, 3.05) is 0 Å². The summed E-state index contributed by atoms with van der Waals surface area (Å²) in [7, 11) is 0. The van der Waals surface area contributed by atoms with Crippen LogP contribution in [-0.4, -0.2) is 15.0 Å². The summed E-state index contributed by atoms with van der Waals surface area (Å²) in [5.74, 6) is 2.47. The Bertz CT molecular complexity index is 2810. The molecule has 3 nitrogen and oxygen atoms in total. The fourth-order valence-electron chi connectivity index (χ4n) is 8.25. The molecule has 0 spiro atoms. The van der Waals surface area contributed by atoms with Crippen LogP contribution in [0.3, 0.4) is 0 Å². The first-order valence-corrected chi connectivity index (χ1v) is 18.3. The Balaban J connectivity index is 1.04. The molecule has 0 radical (unpaired) electrons. The van der Waals surface area contributed by atoms with Gasteiger partial charge in [0.25, 0.3) is 0 Å². The Morgan fingerprint density at radius 1 is 0.396 bits per heavy atom. The van der Waals surface area contributed by atoms with Gasteiger partial charge in [0.05, 0.1) is 0 Å². The molecule has 0 saturated heterocycles. The molecule has 1 aromatic heterocycles. The lowest BCUT2D eigenvalue weighted by molar-refractivity contribution is 0.641. The molecule has 9 aromatic rings. The van der Waals surface area contributed by atoms with E-state index < -0.39 is 0 Å². The molecule has 2 unspecified atom stereocenters. The number of hydrogen-bond acceptors (Lipinski definition) is 3. The van der Waals surface area contributed by atoms with Crippen LogP contribution in [-0.2, 0) is 0 Å². The van der Waals surface area contributed by atoms with Gasteiger partial charge in [-0.25, -0.2) is 15.0 Å². The molecule has 1 heterocycles. The zero-order valence-corrected chi connectivity index (χ0v) is 29.3. The highest BCUT2D eigenvalue weighted by Crippen LogP contribution is 2.42. The van der Waals surface area contributed by atoms with Crippen molar-refractivity contribution in [2.24, 2.45) is 5.92 Å². The predicted octanol–water partition coefficient (Wildman–Crippen LogP) is 12.9. The number of rotatable bonds is 5. The van der Waals surface area contributed by atoms with E-state index in [-0.39, 0.29) is 11.8 Å². The lowest BCUT2D eigenvalue weighted by atomic mass is 9.79. The minimum atomic E-state index is 0.202. The van der Waals surface area contributed by atoms with Gasteiger partial charge < -0.3 is 0 Å². The van der Waals surface area contributed by atoms with Gasteiger partial charge >= 0.3 is 0 Å². The van der Waals surface area contributed by atoms with Crippen molar-refractivity contribution < 1.29 is 0 Å². The maximum absolute atomic E-state index is 5.00. The Morgan fingerprint density at radius 3 is 1.53 bits per heavy atom. The first kappa shape index (κ1) is 31.1. The smallest absolute Gasteiger partial charge is 0.164 e. The highest BCUT2D eigenvalue weighted by Gasteiger charge is 2.24. The molecular formula is C50H35N3. The number of benzene rings is 8. The number of nitrogens with zero attached hydrogens (tertiary/aromatic N) is 3. The standard InChI is InChI=1S/C50H35N3/c1-32-30-36(50-52-48(33-14-4-2-5-15-33)51-49(53-50)34-16-6-3-7-17-34)27-28-37(32)39-23-13-24-40-38(22-12-25-44(39)40)35-26-29-46-43-20-9-8-18-41(43)42-19-10-11-21-45(42)47(46)31-35/h2-32,37H,1H3. The summed E-state index contributed by atoms with van der Waals surface area (Å²) in [6, 6.07) is 58.4. The molecule has 8 aromatic carbocycles. The van der Waals surface area contributed by atoms with Gasteiger partial charge in [-0.15, -0.1) is 0 Å².